The van der Waals surface area contributed by atoms with Crippen LogP contribution in [0.5, 0.6) is 5.75 Å². The third kappa shape index (κ3) is 5.44. The lowest BCUT2D eigenvalue weighted by Gasteiger charge is -2.41. The van der Waals surface area contributed by atoms with Crippen LogP contribution in [0.15, 0.2) is 48.5 Å². The van der Waals surface area contributed by atoms with Gasteiger partial charge in [-0.2, -0.15) is 0 Å². The Morgan fingerprint density at radius 3 is 2.52 bits per heavy atom. The molecule has 1 atom stereocenters. The van der Waals surface area contributed by atoms with Crippen molar-refractivity contribution in [1.29, 1.82) is 0 Å². The predicted molar refractivity (Wildman–Crippen MR) is 104 cm³/mol. The van der Waals surface area contributed by atoms with E-state index in [9.17, 15) is 9.18 Å². The number of nitrogens with zero attached hydrogens (tertiary/aromatic N) is 2. The molecule has 1 saturated heterocycles. The molecule has 1 amide bonds. The molecule has 0 radical (unpaired) electrons. The normalized spacial score (nSPS) is 17.7. The molecular weight excluding hydrogens is 367 g/mol. The average molecular weight is 391 g/mol. The topological polar surface area (TPSA) is 32.8 Å². The van der Waals surface area contributed by atoms with Gasteiger partial charge in [0.05, 0.1) is 0 Å². The molecule has 0 aromatic heterocycles. The first kappa shape index (κ1) is 19.6. The highest BCUT2D eigenvalue weighted by molar-refractivity contribution is 6.30. The quantitative estimate of drug-likeness (QED) is 0.747. The van der Waals surface area contributed by atoms with Crippen LogP contribution < -0.4 is 4.74 Å². The van der Waals surface area contributed by atoms with Crippen molar-refractivity contribution in [3.8, 4) is 5.75 Å². The van der Waals surface area contributed by atoms with Crippen LogP contribution in [0.4, 0.5) is 4.39 Å². The number of benzene rings is 2. The van der Waals surface area contributed by atoms with Crippen molar-refractivity contribution in [2.45, 2.75) is 25.9 Å². The number of amides is 1. The maximum Gasteiger partial charge on any atom is 0.260 e. The molecule has 2 aromatic rings. The SMILES string of the molecule is CCC1CN(Cc2ccc(F)cc2)CCN1C(=O)COc1ccc(Cl)cc1. The Bertz CT molecular complexity index is 752. The summed E-state index contributed by atoms with van der Waals surface area (Å²) in [6, 6.07) is 13.7. The second-order valence-corrected chi connectivity index (χ2v) is 7.19. The monoisotopic (exact) mass is 390 g/mol. The van der Waals surface area contributed by atoms with Gasteiger partial charge in [-0.05, 0) is 48.4 Å². The number of rotatable bonds is 6. The summed E-state index contributed by atoms with van der Waals surface area (Å²) in [7, 11) is 0. The Balaban J connectivity index is 1.53. The Morgan fingerprint density at radius 1 is 1.15 bits per heavy atom. The fourth-order valence-electron chi connectivity index (χ4n) is 3.35. The summed E-state index contributed by atoms with van der Waals surface area (Å²) in [5.41, 5.74) is 1.08. The van der Waals surface area contributed by atoms with Gasteiger partial charge in [0.1, 0.15) is 11.6 Å². The molecule has 144 valence electrons. The van der Waals surface area contributed by atoms with Gasteiger partial charge in [0, 0.05) is 37.2 Å². The van der Waals surface area contributed by atoms with Crippen LogP contribution in [0.25, 0.3) is 0 Å². The Kier molecular flexibility index (Phi) is 6.69. The van der Waals surface area contributed by atoms with Crippen LogP contribution >= 0.6 is 11.6 Å². The molecule has 3 rings (SSSR count). The summed E-state index contributed by atoms with van der Waals surface area (Å²) in [6.07, 6.45) is 0.882. The first-order chi connectivity index (χ1) is 13.0. The first-order valence-electron chi connectivity index (χ1n) is 9.20. The van der Waals surface area contributed by atoms with E-state index in [1.54, 1.807) is 24.3 Å². The fraction of sp³-hybridized carbons (Fsp3) is 0.381. The highest BCUT2D eigenvalue weighted by Crippen LogP contribution is 2.18. The minimum Gasteiger partial charge on any atom is -0.484 e. The van der Waals surface area contributed by atoms with E-state index < -0.39 is 0 Å². The molecular formula is C21H24ClFN2O2. The van der Waals surface area contributed by atoms with E-state index >= 15 is 0 Å². The maximum absolute atomic E-state index is 13.1. The van der Waals surface area contributed by atoms with E-state index in [1.807, 2.05) is 17.0 Å². The molecule has 1 aliphatic rings. The van der Waals surface area contributed by atoms with E-state index in [-0.39, 0.29) is 24.4 Å². The summed E-state index contributed by atoms with van der Waals surface area (Å²) in [4.78, 5) is 16.8. The van der Waals surface area contributed by atoms with E-state index in [0.717, 1.165) is 31.6 Å². The van der Waals surface area contributed by atoms with E-state index in [2.05, 4.69) is 11.8 Å². The number of ether oxygens (including phenoxy) is 1. The zero-order valence-corrected chi connectivity index (χ0v) is 16.2. The summed E-state index contributed by atoms with van der Waals surface area (Å²) in [5, 5.41) is 0.636. The molecule has 2 aromatic carbocycles. The molecule has 0 spiro atoms. The molecule has 0 saturated carbocycles. The molecule has 27 heavy (non-hydrogen) atoms. The number of hydrogen-bond donors (Lipinski definition) is 0. The van der Waals surface area contributed by atoms with Gasteiger partial charge in [-0.25, -0.2) is 4.39 Å². The summed E-state index contributed by atoms with van der Waals surface area (Å²) >= 11 is 5.86. The summed E-state index contributed by atoms with van der Waals surface area (Å²) in [6.45, 7) is 5.15. The van der Waals surface area contributed by atoms with Gasteiger partial charge in [0.15, 0.2) is 6.61 Å². The highest BCUT2D eigenvalue weighted by Gasteiger charge is 2.29. The summed E-state index contributed by atoms with van der Waals surface area (Å²) in [5.74, 6) is 0.412. The standard InChI is InChI=1S/C21H24ClFN2O2/c1-2-19-14-24(13-16-3-7-18(23)8-4-16)11-12-25(19)21(26)15-27-20-9-5-17(22)6-10-20/h3-10,19H,2,11-15H2,1H3. The van der Waals surface area contributed by atoms with Crippen molar-refractivity contribution in [3.05, 3.63) is 64.9 Å². The zero-order valence-electron chi connectivity index (χ0n) is 15.4. The molecule has 6 heteroatoms. The fourth-order valence-corrected chi connectivity index (χ4v) is 3.47. The number of piperazine rings is 1. The van der Waals surface area contributed by atoms with Gasteiger partial charge >= 0.3 is 0 Å². The van der Waals surface area contributed by atoms with E-state index in [0.29, 0.717) is 17.3 Å². The van der Waals surface area contributed by atoms with Crippen molar-refractivity contribution in [3.63, 3.8) is 0 Å². The second kappa shape index (κ2) is 9.20. The van der Waals surface area contributed by atoms with Crippen LogP contribution in [0.2, 0.25) is 5.02 Å². The van der Waals surface area contributed by atoms with Gasteiger partial charge < -0.3 is 9.64 Å². The second-order valence-electron chi connectivity index (χ2n) is 6.75. The van der Waals surface area contributed by atoms with Crippen LogP contribution in [-0.2, 0) is 11.3 Å². The number of carbonyl (C=O) groups excluding carboxylic acids is 1. The largest absolute Gasteiger partial charge is 0.484 e. The minimum absolute atomic E-state index is 0.00164. The molecule has 1 fully saturated rings. The molecule has 1 heterocycles. The molecule has 1 unspecified atom stereocenters. The third-order valence-corrected chi connectivity index (χ3v) is 5.11. The van der Waals surface area contributed by atoms with Crippen LogP contribution in [0.3, 0.4) is 0 Å². The number of hydrogen-bond acceptors (Lipinski definition) is 3. The Morgan fingerprint density at radius 2 is 1.85 bits per heavy atom. The van der Waals surface area contributed by atoms with Crippen LogP contribution in [-0.4, -0.2) is 48.0 Å². The number of carbonyl (C=O) groups is 1. The molecule has 0 N–H and O–H groups in total. The lowest BCUT2D eigenvalue weighted by Crippen LogP contribution is -2.55. The maximum atomic E-state index is 13.1. The molecule has 0 aliphatic carbocycles. The lowest BCUT2D eigenvalue weighted by atomic mass is 10.1. The van der Waals surface area contributed by atoms with Crippen molar-refractivity contribution < 1.29 is 13.9 Å². The van der Waals surface area contributed by atoms with Crippen molar-refractivity contribution >= 4 is 17.5 Å². The highest BCUT2D eigenvalue weighted by atomic mass is 35.5. The van der Waals surface area contributed by atoms with Gasteiger partial charge in [-0.1, -0.05) is 30.7 Å². The van der Waals surface area contributed by atoms with Crippen molar-refractivity contribution in [2.75, 3.05) is 26.2 Å². The van der Waals surface area contributed by atoms with Gasteiger partial charge in [0.2, 0.25) is 0 Å². The van der Waals surface area contributed by atoms with Crippen molar-refractivity contribution in [1.82, 2.24) is 9.80 Å². The van der Waals surface area contributed by atoms with Crippen molar-refractivity contribution in [2.24, 2.45) is 0 Å². The molecule has 1 aliphatic heterocycles. The average Bonchev–Trinajstić information content (AvgIpc) is 2.69. The van der Waals surface area contributed by atoms with E-state index in [4.69, 9.17) is 16.3 Å². The smallest absolute Gasteiger partial charge is 0.260 e. The van der Waals surface area contributed by atoms with Gasteiger partial charge in [0.25, 0.3) is 5.91 Å². The van der Waals surface area contributed by atoms with E-state index in [1.165, 1.54) is 12.1 Å². The Hall–Kier alpha value is -2.11. The molecule has 0 bridgehead atoms. The predicted octanol–water partition coefficient (Wildman–Crippen LogP) is 3.98. The first-order valence-corrected chi connectivity index (χ1v) is 9.57. The zero-order chi connectivity index (χ0) is 19.2. The number of halogens is 2. The van der Waals surface area contributed by atoms with Gasteiger partial charge in [-0.3, -0.25) is 9.69 Å². The third-order valence-electron chi connectivity index (χ3n) is 4.85. The van der Waals surface area contributed by atoms with Crippen LogP contribution in [0, 0.1) is 5.82 Å². The minimum atomic E-state index is -0.221. The van der Waals surface area contributed by atoms with Gasteiger partial charge in [-0.15, -0.1) is 0 Å². The van der Waals surface area contributed by atoms with Crippen LogP contribution in [0.1, 0.15) is 18.9 Å². The summed E-state index contributed by atoms with van der Waals surface area (Å²) < 4.78 is 18.7. The Labute approximate surface area is 164 Å². The lowest BCUT2D eigenvalue weighted by molar-refractivity contribution is -0.138. The molecule has 4 nitrogen and oxygen atoms in total.